The number of rotatable bonds is 4. The Bertz CT molecular complexity index is 790. The molecular formula is C12H16N2O5S. The third-order valence-corrected chi connectivity index (χ3v) is 5.29. The minimum absolute atomic E-state index is 0.0159. The van der Waals surface area contributed by atoms with E-state index in [1.54, 1.807) is 14.0 Å². The quantitative estimate of drug-likeness (QED) is 0.866. The topological polar surface area (TPSA) is 92.8 Å². The molecule has 1 unspecified atom stereocenters. The Morgan fingerprint density at radius 2 is 2.10 bits per heavy atom. The van der Waals surface area contributed by atoms with Gasteiger partial charge in [-0.15, -0.1) is 0 Å². The number of likely N-dealkylation sites (N-methyl/N-ethyl adjacent to an activating group) is 1. The molecule has 0 radical (unpaired) electrons. The number of aryl methyl sites for hydroxylation is 1. The molecule has 1 N–H and O–H groups in total. The fraction of sp³-hybridized carbons (Fsp3) is 0.417. The maximum absolute atomic E-state index is 12.4. The molecule has 0 spiro atoms. The van der Waals surface area contributed by atoms with E-state index in [-0.39, 0.29) is 17.1 Å². The molecule has 2 aromatic rings. The highest BCUT2D eigenvalue weighted by Gasteiger charge is 2.25. The van der Waals surface area contributed by atoms with Gasteiger partial charge in [0, 0.05) is 26.2 Å². The largest absolute Gasteiger partial charge is 0.419 e. The summed E-state index contributed by atoms with van der Waals surface area (Å²) in [5.74, 6) is -0.549. The molecule has 8 heteroatoms. The Morgan fingerprint density at radius 3 is 2.70 bits per heavy atom. The minimum Gasteiger partial charge on any atom is -0.408 e. The number of nitrogens with zero attached hydrogens (tertiary/aromatic N) is 2. The lowest BCUT2D eigenvalue weighted by Gasteiger charge is -2.22. The summed E-state index contributed by atoms with van der Waals surface area (Å²) in [7, 11) is -0.809. The van der Waals surface area contributed by atoms with Gasteiger partial charge >= 0.3 is 5.76 Å². The summed E-state index contributed by atoms with van der Waals surface area (Å²) in [5, 5.41) is 9.06. The Kier molecular flexibility index (Phi) is 3.72. The second kappa shape index (κ2) is 5.04. The third kappa shape index (κ3) is 2.26. The maximum atomic E-state index is 12.4. The molecule has 1 aromatic heterocycles. The summed E-state index contributed by atoms with van der Waals surface area (Å²) in [5.41, 5.74) is 0.732. The van der Waals surface area contributed by atoms with E-state index in [4.69, 9.17) is 9.52 Å². The smallest absolute Gasteiger partial charge is 0.408 e. The molecule has 110 valence electrons. The molecule has 7 nitrogen and oxygen atoms in total. The zero-order valence-electron chi connectivity index (χ0n) is 11.4. The van der Waals surface area contributed by atoms with Crippen molar-refractivity contribution in [2.45, 2.75) is 17.9 Å². The fourth-order valence-corrected chi connectivity index (χ4v) is 3.16. The third-order valence-electron chi connectivity index (χ3n) is 3.33. The number of oxazole rings is 1. The number of aromatic nitrogens is 1. The molecule has 0 bridgehead atoms. The number of hydrogen-bond donors (Lipinski definition) is 1. The second-order valence-corrected chi connectivity index (χ2v) is 6.61. The van der Waals surface area contributed by atoms with Crippen LogP contribution in [-0.4, -0.2) is 42.1 Å². The first-order chi connectivity index (χ1) is 9.28. The molecule has 0 amide bonds. The van der Waals surface area contributed by atoms with Crippen molar-refractivity contribution in [3.8, 4) is 0 Å². The van der Waals surface area contributed by atoms with Crippen LogP contribution in [0.2, 0.25) is 0 Å². The number of hydrogen-bond acceptors (Lipinski definition) is 5. The van der Waals surface area contributed by atoms with Crippen molar-refractivity contribution in [3.05, 3.63) is 28.7 Å². The van der Waals surface area contributed by atoms with Gasteiger partial charge in [0.05, 0.1) is 17.0 Å². The van der Waals surface area contributed by atoms with Gasteiger partial charge in [0.15, 0.2) is 5.58 Å². The van der Waals surface area contributed by atoms with Crippen molar-refractivity contribution in [1.29, 1.82) is 0 Å². The van der Waals surface area contributed by atoms with Gasteiger partial charge in [-0.25, -0.2) is 13.2 Å². The van der Waals surface area contributed by atoms with Gasteiger partial charge in [0.2, 0.25) is 10.0 Å². The van der Waals surface area contributed by atoms with Crippen molar-refractivity contribution in [3.63, 3.8) is 0 Å². The van der Waals surface area contributed by atoms with E-state index in [0.29, 0.717) is 5.52 Å². The van der Waals surface area contributed by atoms with Crippen molar-refractivity contribution in [2.24, 2.45) is 7.05 Å². The van der Waals surface area contributed by atoms with Gasteiger partial charge < -0.3 is 9.52 Å². The Balaban J connectivity index is 2.55. The van der Waals surface area contributed by atoms with E-state index in [1.807, 2.05) is 0 Å². The van der Waals surface area contributed by atoms with Crippen LogP contribution in [0.3, 0.4) is 0 Å². The predicted molar refractivity (Wildman–Crippen MR) is 73.0 cm³/mol. The molecule has 1 atom stereocenters. The molecule has 0 aliphatic carbocycles. The summed E-state index contributed by atoms with van der Waals surface area (Å²) >= 11 is 0. The first kappa shape index (κ1) is 14.8. The average Bonchev–Trinajstić information content (AvgIpc) is 2.71. The van der Waals surface area contributed by atoms with Crippen LogP contribution in [0.25, 0.3) is 11.1 Å². The van der Waals surface area contributed by atoms with Crippen molar-refractivity contribution < 1.29 is 17.9 Å². The lowest BCUT2D eigenvalue weighted by Crippen LogP contribution is -2.37. The first-order valence-electron chi connectivity index (χ1n) is 5.97. The second-order valence-electron chi connectivity index (χ2n) is 4.61. The lowest BCUT2D eigenvalue weighted by molar-refractivity contribution is 0.214. The van der Waals surface area contributed by atoms with Crippen LogP contribution < -0.4 is 5.76 Å². The fourth-order valence-electron chi connectivity index (χ4n) is 1.79. The van der Waals surface area contributed by atoms with E-state index < -0.39 is 21.8 Å². The van der Waals surface area contributed by atoms with Crippen molar-refractivity contribution >= 4 is 21.1 Å². The van der Waals surface area contributed by atoms with E-state index in [2.05, 4.69) is 0 Å². The van der Waals surface area contributed by atoms with Gasteiger partial charge in [0.1, 0.15) is 0 Å². The Morgan fingerprint density at radius 1 is 1.45 bits per heavy atom. The minimum atomic E-state index is -3.74. The highest BCUT2D eigenvalue weighted by Crippen LogP contribution is 2.21. The molecule has 0 fully saturated rings. The molecule has 0 saturated carbocycles. The molecule has 1 aromatic carbocycles. The molecule has 0 aliphatic heterocycles. The lowest BCUT2D eigenvalue weighted by atomic mass is 10.3. The number of benzene rings is 1. The van der Waals surface area contributed by atoms with E-state index >= 15 is 0 Å². The maximum Gasteiger partial charge on any atom is 0.419 e. The van der Waals surface area contributed by atoms with Gasteiger partial charge in [-0.2, -0.15) is 4.31 Å². The zero-order valence-corrected chi connectivity index (χ0v) is 12.2. The standard InChI is InChI=1S/C12H16N2O5S/c1-8(7-15)14(3)20(17,18)9-4-5-10-11(6-9)19-12(16)13(10)2/h4-6,8,15H,7H2,1-3H3. The summed E-state index contributed by atoms with van der Waals surface area (Å²) < 4.78 is 32.1. The normalized spacial score (nSPS) is 14.1. The molecule has 20 heavy (non-hydrogen) atoms. The number of aliphatic hydroxyl groups excluding tert-OH is 1. The van der Waals surface area contributed by atoms with Crippen LogP contribution >= 0.6 is 0 Å². The molecule has 1 heterocycles. The first-order valence-corrected chi connectivity index (χ1v) is 7.41. The molecule has 0 saturated heterocycles. The highest BCUT2D eigenvalue weighted by molar-refractivity contribution is 7.89. The molecule has 0 aliphatic rings. The van der Waals surface area contributed by atoms with Crippen LogP contribution in [0, 0.1) is 0 Å². The molecular weight excluding hydrogens is 284 g/mol. The van der Waals surface area contributed by atoms with E-state index in [1.165, 1.54) is 29.8 Å². The number of aliphatic hydroxyl groups is 1. The predicted octanol–water partition coefficient (Wildman–Crippen LogP) is 0.133. The van der Waals surface area contributed by atoms with E-state index in [0.717, 1.165) is 4.31 Å². The van der Waals surface area contributed by atoms with Crippen LogP contribution in [0.15, 0.2) is 32.3 Å². The Hall–Kier alpha value is -1.64. The average molecular weight is 300 g/mol. The molecule has 2 rings (SSSR count). The number of fused-ring (bicyclic) bond motifs is 1. The summed E-state index contributed by atoms with van der Waals surface area (Å²) in [4.78, 5) is 11.4. The summed E-state index contributed by atoms with van der Waals surface area (Å²) in [6.07, 6.45) is 0. The van der Waals surface area contributed by atoms with Crippen LogP contribution in [0.1, 0.15) is 6.92 Å². The zero-order chi connectivity index (χ0) is 15.1. The summed E-state index contributed by atoms with van der Waals surface area (Å²) in [6, 6.07) is 3.70. The highest BCUT2D eigenvalue weighted by atomic mass is 32.2. The van der Waals surface area contributed by atoms with Gasteiger partial charge in [-0.1, -0.05) is 0 Å². The van der Waals surface area contributed by atoms with Crippen LogP contribution in [0.5, 0.6) is 0 Å². The van der Waals surface area contributed by atoms with Crippen molar-refractivity contribution in [1.82, 2.24) is 8.87 Å². The van der Waals surface area contributed by atoms with Crippen LogP contribution in [0.4, 0.5) is 0 Å². The van der Waals surface area contributed by atoms with Gasteiger partial charge in [-0.05, 0) is 19.1 Å². The van der Waals surface area contributed by atoms with E-state index in [9.17, 15) is 13.2 Å². The van der Waals surface area contributed by atoms with Crippen LogP contribution in [-0.2, 0) is 17.1 Å². The SMILES string of the molecule is CC(CO)N(C)S(=O)(=O)c1ccc2c(c1)oc(=O)n2C. The van der Waals surface area contributed by atoms with Crippen molar-refractivity contribution in [2.75, 3.05) is 13.7 Å². The van der Waals surface area contributed by atoms with Gasteiger partial charge in [0.25, 0.3) is 0 Å². The monoisotopic (exact) mass is 300 g/mol. The Labute approximate surface area is 116 Å². The summed E-state index contributed by atoms with van der Waals surface area (Å²) in [6.45, 7) is 1.32. The van der Waals surface area contributed by atoms with Gasteiger partial charge in [-0.3, -0.25) is 4.57 Å². The number of sulfonamides is 1.